The monoisotopic (exact) mass is 315 g/mol. The minimum absolute atomic E-state index is 0.108. The van der Waals surface area contributed by atoms with E-state index in [1.54, 1.807) is 0 Å². The van der Waals surface area contributed by atoms with Gasteiger partial charge in [0.1, 0.15) is 0 Å². The molecule has 17 heavy (non-hydrogen) atoms. The van der Waals surface area contributed by atoms with Crippen molar-refractivity contribution in [2.45, 2.75) is 25.1 Å². The molecular formula is C14H19BrClN. The topological polar surface area (TPSA) is 3.24 Å². The molecule has 0 aliphatic carbocycles. The molecule has 1 fully saturated rings. The second-order valence-corrected chi connectivity index (χ2v) is 6.44. The maximum atomic E-state index is 6.47. The summed E-state index contributed by atoms with van der Waals surface area (Å²) in [6.07, 6.45) is 2.62. The van der Waals surface area contributed by atoms with Crippen molar-refractivity contribution < 1.29 is 0 Å². The van der Waals surface area contributed by atoms with Crippen molar-refractivity contribution in [3.63, 3.8) is 0 Å². The van der Waals surface area contributed by atoms with E-state index in [9.17, 15) is 0 Å². The number of rotatable bonds is 3. The summed E-state index contributed by atoms with van der Waals surface area (Å²) in [5.74, 6) is 0.882. The summed E-state index contributed by atoms with van der Waals surface area (Å²) in [6, 6.07) is 8.33. The zero-order valence-corrected chi connectivity index (χ0v) is 12.5. The van der Waals surface area contributed by atoms with Crippen LogP contribution in [0.1, 0.15) is 30.7 Å². The van der Waals surface area contributed by atoms with Crippen LogP contribution >= 0.6 is 27.5 Å². The van der Waals surface area contributed by atoms with Crippen molar-refractivity contribution in [2.75, 3.05) is 19.6 Å². The molecule has 0 bridgehead atoms. The van der Waals surface area contributed by atoms with Crippen molar-refractivity contribution >= 4 is 27.5 Å². The molecule has 1 aliphatic heterocycles. The smallest absolute Gasteiger partial charge is 0.0712 e. The van der Waals surface area contributed by atoms with E-state index in [1.807, 2.05) is 0 Å². The van der Waals surface area contributed by atoms with Gasteiger partial charge in [-0.05, 0) is 49.5 Å². The van der Waals surface area contributed by atoms with Crippen LogP contribution in [0.4, 0.5) is 0 Å². The normalized spacial score (nSPS) is 20.4. The third kappa shape index (κ3) is 3.97. The molecule has 1 saturated heterocycles. The van der Waals surface area contributed by atoms with Gasteiger partial charge in [0, 0.05) is 11.0 Å². The summed E-state index contributed by atoms with van der Waals surface area (Å²) in [5.41, 5.74) is 1.22. The fourth-order valence-electron chi connectivity index (χ4n) is 2.25. The molecule has 1 aromatic rings. The first kappa shape index (κ1) is 13.4. The van der Waals surface area contributed by atoms with Gasteiger partial charge >= 0.3 is 0 Å². The lowest BCUT2D eigenvalue weighted by Crippen LogP contribution is -2.35. The average molecular weight is 317 g/mol. The maximum absolute atomic E-state index is 6.47. The van der Waals surface area contributed by atoms with Crippen LogP contribution in [0.3, 0.4) is 0 Å². The number of hydrogen-bond acceptors (Lipinski definition) is 1. The van der Waals surface area contributed by atoms with Crippen molar-refractivity contribution in [2.24, 2.45) is 5.92 Å². The molecule has 0 saturated carbocycles. The molecule has 2 rings (SSSR count). The second kappa shape index (κ2) is 6.21. The molecule has 0 radical (unpaired) electrons. The maximum Gasteiger partial charge on any atom is 0.0712 e. The van der Waals surface area contributed by atoms with E-state index in [-0.39, 0.29) is 5.38 Å². The van der Waals surface area contributed by atoms with Crippen LogP contribution in [0, 0.1) is 5.92 Å². The third-order valence-corrected chi connectivity index (χ3v) is 4.45. The number of hydrogen-bond donors (Lipinski definition) is 0. The Labute approximate surface area is 117 Å². The van der Waals surface area contributed by atoms with Gasteiger partial charge < -0.3 is 4.90 Å². The van der Waals surface area contributed by atoms with Gasteiger partial charge in [0.05, 0.1) is 5.38 Å². The lowest BCUT2D eigenvalue weighted by Gasteiger charge is -2.31. The molecule has 0 spiro atoms. The van der Waals surface area contributed by atoms with E-state index in [0.29, 0.717) is 0 Å². The van der Waals surface area contributed by atoms with Crippen molar-refractivity contribution in [1.29, 1.82) is 0 Å². The molecule has 1 aliphatic rings. The summed E-state index contributed by atoms with van der Waals surface area (Å²) in [7, 11) is 0. The Kier molecular flexibility index (Phi) is 4.89. The first-order valence-corrected chi connectivity index (χ1v) is 7.50. The molecular weight excluding hydrogens is 298 g/mol. The Morgan fingerprint density at radius 2 is 1.88 bits per heavy atom. The number of piperidine rings is 1. The minimum atomic E-state index is 0.108. The summed E-state index contributed by atoms with van der Waals surface area (Å²) >= 11 is 9.92. The zero-order valence-electron chi connectivity index (χ0n) is 10.2. The lowest BCUT2D eigenvalue weighted by atomic mass is 9.99. The molecule has 1 unspecified atom stereocenters. The standard InChI is InChI=1S/C14H19BrClN/c1-11-6-8-17(9-7-11)10-14(16)12-2-4-13(15)5-3-12/h2-5,11,14H,6-10H2,1H3. The Morgan fingerprint density at radius 1 is 1.29 bits per heavy atom. The van der Waals surface area contributed by atoms with Gasteiger partial charge in [-0.3, -0.25) is 0 Å². The predicted molar refractivity (Wildman–Crippen MR) is 77.6 cm³/mol. The lowest BCUT2D eigenvalue weighted by molar-refractivity contribution is 0.192. The summed E-state index contributed by atoms with van der Waals surface area (Å²) in [5, 5.41) is 0.108. The fraction of sp³-hybridized carbons (Fsp3) is 0.571. The highest BCUT2D eigenvalue weighted by atomic mass is 79.9. The number of nitrogens with zero attached hydrogens (tertiary/aromatic N) is 1. The molecule has 94 valence electrons. The van der Waals surface area contributed by atoms with Crippen LogP contribution in [0.5, 0.6) is 0 Å². The summed E-state index contributed by atoms with van der Waals surface area (Å²) in [4.78, 5) is 2.49. The number of alkyl halides is 1. The van der Waals surface area contributed by atoms with Gasteiger partial charge in [0.25, 0.3) is 0 Å². The van der Waals surface area contributed by atoms with E-state index in [0.717, 1.165) is 16.9 Å². The molecule has 1 heterocycles. The van der Waals surface area contributed by atoms with Gasteiger partial charge in [-0.1, -0.05) is 35.0 Å². The van der Waals surface area contributed by atoms with Gasteiger partial charge in [-0.15, -0.1) is 11.6 Å². The van der Waals surface area contributed by atoms with Gasteiger partial charge in [-0.2, -0.15) is 0 Å². The highest BCUT2D eigenvalue weighted by Gasteiger charge is 2.19. The molecule has 0 N–H and O–H groups in total. The Bertz CT molecular complexity index is 344. The first-order chi connectivity index (χ1) is 8.15. The van der Waals surface area contributed by atoms with E-state index in [2.05, 4.69) is 52.0 Å². The highest BCUT2D eigenvalue weighted by molar-refractivity contribution is 9.10. The second-order valence-electron chi connectivity index (χ2n) is 5.00. The SMILES string of the molecule is CC1CCN(CC(Cl)c2ccc(Br)cc2)CC1. The quantitative estimate of drug-likeness (QED) is 0.744. The highest BCUT2D eigenvalue weighted by Crippen LogP contribution is 2.25. The zero-order chi connectivity index (χ0) is 12.3. The van der Waals surface area contributed by atoms with Crippen molar-refractivity contribution in [1.82, 2.24) is 4.90 Å². The largest absolute Gasteiger partial charge is 0.302 e. The fourth-order valence-corrected chi connectivity index (χ4v) is 2.85. The van der Waals surface area contributed by atoms with E-state index in [4.69, 9.17) is 11.6 Å². The van der Waals surface area contributed by atoms with Crippen LogP contribution < -0.4 is 0 Å². The number of benzene rings is 1. The minimum Gasteiger partial charge on any atom is -0.302 e. The molecule has 0 amide bonds. The Balaban J connectivity index is 1.88. The third-order valence-electron chi connectivity index (χ3n) is 3.53. The van der Waals surface area contributed by atoms with Crippen LogP contribution in [0.15, 0.2) is 28.7 Å². The van der Waals surface area contributed by atoms with E-state index in [1.165, 1.54) is 31.5 Å². The van der Waals surface area contributed by atoms with Gasteiger partial charge in [-0.25, -0.2) is 0 Å². The van der Waals surface area contributed by atoms with Crippen LogP contribution in [-0.4, -0.2) is 24.5 Å². The Morgan fingerprint density at radius 3 is 2.47 bits per heavy atom. The summed E-state index contributed by atoms with van der Waals surface area (Å²) < 4.78 is 1.11. The van der Waals surface area contributed by atoms with Crippen molar-refractivity contribution in [3.05, 3.63) is 34.3 Å². The molecule has 3 heteroatoms. The van der Waals surface area contributed by atoms with E-state index >= 15 is 0 Å². The van der Waals surface area contributed by atoms with Crippen LogP contribution in [0.25, 0.3) is 0 Å². The van der Waals surface area contributed by atoms with Crippen molar-refractivity contribution in [3.8, 4) is 0 Å². The molecule has 1 nitrogen and oxygen atoms in total. The van der Waals surface area contributed by atoms with Gasteiger partial charge in [0.2, 0.25) is 0 Å². The van der Waals surface area contributed by atoms with Gasteiger partial charge in [0.15, 0.2) is 0 Å². The predicted octanol–water partition coefficient (Wildman–Crippen LogP) is 4.46. The summed E-state index contributed by atoms with van der Waals surface area (Å²) in [6.45, 7) is 5.70. The first-order valence-electron chi connectivity index (χ1n) is 6.27. The molecule has 1 aromatic carbocycles. The number of halogens is 2. The average Bonchev–Trinajstić information content (AvgIpc) is 2.33. The van der Waals surface area contributed by atoms with Crippen LogP contribution in [0.2, 0.25) is 0 Å². The molecule has 0 aromatic heterocycles. The molecule has 1 atom stereocenters. The Hall–Kier alpha value is -0.0500. The van der Waals surface area contributed by atoms with E-state index < -0.39 is 0 Å². The van der Waals surface area contributed by atoms with Crippen LogP contribution in [-0.2, 0) is 0 Å². The number of likely N-dealkylation sites (tertiary alicyclic amines) is 1.